The van der Waals surface area contributed by atoms with E-state index in [0.29, 0.717) is 5.92 Å². The van der Waals surface area contributed by atoms with Crippen LogP contribution in [0.25, 0.3) is 0 Å². The van der Waals surface area contributed by atoms with Crippen LogP contribution in [0.1, 0.15) is 89.0 Å². The lowest BCUT2D eigenvalue weighted by Gasteiger charge is -2.32. The molecule has 2 saturated carbocycles. The van der Waals surface area contributed by atoms with Crippen LogP contribution in [0.15, 0.2) is 18.2 Å². The van der Waals surface area contributed by atoms with Crippen molar-refractivity contribution in [1.29, 1.82) is 0 Å². The number of hydrogen-bond donors (Lipinski definition) is 0. The molecular weight excluding hydrogens is 302 g/mol. The summed E-state index contributed by atoms with van der Waals surface area (Å²) in [6.45, 7) is 2.33. The molecule has 0 atom stereocenters. The first-order valence-corrected chi connectivity index (χ1v) is 10.1. The van der Waals surface area contributed by atoms with E-state index in [4.69, 9.17) is 0 Å². The number of hydrogen-bond acceptors (Lipinski definition) is 0. The third-order valence-electron chi connectivity index (χ3n) is 6.79. The van der Waals surface area contributed by atoms with Crippen molar-refractivity contribution in [3.8, 4) is 0 Å². The lowest BCUT2D eigenvalue weighted by Crippen LogP contribution is -2.17. The summed E-state index contributed by atoms with van der Waals surface area (Å²) in [4.78, 5) is 0. The van der Waals surface area contributed by atoms with Crippen LogP contribution in [0.5, 0.6) is 0 Å². The second-order valence-corrected chi connectivity index (χ2v) is 8.26. The molecule has 0 unspecified atom stereocenters. The van der Waals surface area contributed by atoms with Crippen molar-refractivity contribution >= 4 is 0 Å². The van der Waals surface area contributed by atoms with E-state index in [2.05, 4.69) is 6.92 Å². The Morgan fingerprint density at radius 1 is 0.750 bits per heavy atom. The quantitative estimate of drug-likeness (QED) is 0.532. The van der Waals surface area contributed by atoms with Gasteiger partial charge < -0.3 is 0 Å². The minimum absolute atomic E-state index is 0.427. The van der Waals surface area contributed by atoms with E-state index in [0.717, 1.165) is 36.2 Å². The minimum Gasteiger partial charge on any atom is -0.204 e. The van der Waals surface area contributed by atoms with Crippen LogP contribution in [0.4, 0.5) is 8.78 Å². The van der Waals surface area contributed by atoms with Crippen molar-refractivity contribution in [2.75, 3.05) is 0 Å². The molecule has 0 radical (unpaired) electrons. The molecule has 0 nitrogen and oxygen atoms in total. The normalized spacial score (nSPS) is 31.1. The summed E-state index contributed by atoms with van der Waals surface area (Å²) >= 11 is 0. The Hall–Kier alpha value is -0.920. The third kappa shape index (κ3) is 4.58. The van der Waals surface area contributed by atoms with Crippen LogP contribution in [0.2, 0.25) is 0 Å². The summed E-state index contributed by atoms with van der Waals surface area (Å²) in [5, 5.41) is 0. The molecule has 3 rings (SSSR count). The van der Waals surface area contributed by atoms with Crippen molar-refractivity contribution in [2.24, 2.45) is 17.8 Å². The van der Waals surface area contributed by atoms with Gasteiger partial charge in [-0.25, -0.2) is 8.78 Å². The molecule has 0 aliphatic heterocycles. The van der Waals surface area contributed by atoms with Crippen LogP contribution in [0, 0.1) is 29.4 Å². The van der Waals surface area contributed by atoms with E-state index in [-0.39, 0.29) is 0 Å². The van der Waals surface area contributed by atoms with Crippen molar-refractivity contribution in [1.82, 2.24) is 0 Å². The zero-order valence-electron chi connectivity index (χ0n) is 15.1. The molecule has 2 aliphatic rings. The maximum absolute atomic E-state index is 13.4. The topological polar surface area (TPSA) is 0 Å². The van der Waals surface area contributed by atoms with Gasteiger partial charge in [0, 0.05) is 0 Å². The average Bonchev–Trinajstić information content (AvgIpc) is 2.63. The van der Waals surface area contributed by atoms with Gasteiger partial charge in [0.2, 0.25) is 0 Å². The van der Waals surface area contributed by atoms with Crippen LogP contribution in [-0.4, -0.2) is 0 Å². The Morgan fingerprint density at radius 3 is 1.83 bits per heavy atom. The molecule has 0 N–H and O–H groups in total. The summed E-state index contributed by atoms with van der Waals surface area (Å²) in [7, 11) is 0. The van der Waals surface area contributed by atoms with Gasteiger partial charge in [-0.05, 0) is 67.1 Å². The first-order chi connectivity index (χ1) is 11.7. The molecule has 2 fully saturated rings. The van der Waals surface area contributed by atoms with E-state index >= 15 is 0 Å². The molecule has 0 saturated heterocycles. The van der Waals surface area contributed by atoms with E-state index in [1.54, 1.807) is 6.07 Å². The molecule has 134 valence electrons. The summed E-state index contributed by atoms with van der Waals surface area (Å²) in [6.07, 6.45) is 14.7. The summed E-state index contributed by atoms with van der Waals surface area (Å²) in [6, 6.07) is 4.46. The molecule has 0 heterocycles. The molecular formula is C22H32F2. The Bertz CT molecular complexity index is 509. The average molecular weight is 334 g/mol. The molecule has 0 aromatic heterocycles. The fraction of sp³-hybridized carbons (Fsp3) is 0.727. The number of halogens is 2. The highest BCUT2D eigenvalue weighted by Crippen LogP contribution is 2.40. The largest absolute Gasteiger partial charge is 0.204 e. The molecule has 2 heteroatoms. The van der Waals surface area contributed by atoms with E-state index in [1.165, 1.54) is 69.9 Å². The second kappa shape index (κ2) is 8.45. The van der Waals surface area contributed by atoms with Gasteiger partial charge in [-0.3, -0.25) is 0 Å². The molecule has 24 heavy (non-hydrogen) atoms. The Labute approximate surface area is 146 Å². The maximum Gasteiger partial charge on any atom is 0.159 e. The summed E-state index contributed by atoms with van der Waals surface area (Å²) in [5.41, 5.74) is 0.991. The van der Waals surface area contributed by atoms with Gasteiger partial charge in [0.25, 0.3) is 0 Å². The molecule has 2 aliphatic carbocycles. The van der Waals surface area contributed by atoms with Gasteiger partial charge in [0.05, 0.1) is 0 Å². The van der Waals surface area contributed by atoms with Crippen molar-refractivity contribution < 1.29 is 8.78 Å². The van der Waals surface area contributed by atoms with Crippen LogP contribution < -0.4 is 0 Å². The van der Waals surface area contributed by atoms with Crippen molar-refractivity contribution in [3.63, 3.8) is 0 Å². The predicted octanol–water partition coefficient (Wildman–Crippen LogP) is 7.24. The Balaban J connectivity index is 1.40. The second-order valence-electron chi connectivity index (χ2n) is 8.26. The number of rotatable bonds is 5. The summed E-state index contributed by atoms with van der Waals surface area (Å²) in [5.74, 6) is 1.82. The van der Waals surface area contributed by atoms with Gasteiger partial charge >= 0.3 is 0 Å². The smallest absolute Gasteiger partial charge is 0.159 e. The highest BCUT2D eigenvalue weighted by atomic mass is 19.2. The van der Waals surface area contributed by atoms with Gasteiger partial charge in [-0.2, -0.15) is 0 Å². The van der Waals surface area contributed by atoms with Gasteiger partial charge in [0.15, 0.2) is 11.6 Å². The van der Waals surface area contributed by atoms with Crippen molar-refractivity contribution in [3.05, 3.63) is 35.4 Å². The molecule has 0 bridgehead atoms. The lowest BCUT2D eigenvalue weighted by molar-refractivity contribution is 0.227. The fourth-order valence-electron chi connectivity index (χ4n) is 4.95. The van der Waals surface area contributed by atoms with E-state index in [1.807, 2.05) is 0 Å². The van der Waals surface area contributed by atoms with Gasteiger partial charge in [-0.1, -0.05) is 57.9 Å². The predicted molar refractivity (Wildman–Crippen MR) is 96.0 cm³/mol. The Kier molecular flexibility index (Phi) is 6.30. The van der Waals surface area contributed by atoms with E-state index in [9.17, 15) is 8.78 Å². The lowest BCUT2D eigenvalue weighted by atomic mass is 9.74. The summed E-state index contributed by atoms with van der Waals surface area (Å²) < 4.78 is 26.5. The van der Waals surface area contributed by atoms with Crippen LogP contribution in [-0.2, 0) is 0 Å². The minimum atomic E-state index is -0.731. The van der Waals surface area contributed by atoms with Crippen LogP contribution in [0.3, 0.4) is 0 Å². The fourth-order valence-corrected chi connectivity index (χ4v) is 4.95. The molecule has 1 aromatic carbocycles. The van der Waals surface area contributed by atoms with Gasteiger partial charge in [0.1, 0.15) is 0 Å². The first kappa shape index (κ1) is 17.9. The zero-order valence-corrected chi connectivity index (χ0v) is 15.1. The molecule has 1 aromatic rings. The molecule has 0 amide bonds. The maximum atomic E-state index is 13.4. The highest BCUT2D eigenvalue weighted by Gasteiger charge is 2.25. The SMILES string of the molecule is CC[C@H]1CC[C@H](CC[C@H]2CC[C@H](c3ccc(F)c(F)c3)CC2)CC1. The van der Waals surface area contributed by atoms with E-state index < -0.39 is 11.6 Å². The zero-order chi connectivity index (χ0) is 16.9. The number of benzene rings is 1. The standard InChI is InChI=1S/C22H32F2/c1-2-16-3-5-17(6-4-16)7-8-18-9-11-19(12-10-18)20-13-14-21(23)22(24)15-20/h13-19H,2-12H2,1H3/t16-,17-,18-,19-. The van der Waals surface area contributed by atoms with Crippen molar-refractivity contribution in [2.45, 2.75) is 83.5 Å². The Morgan fingerprint density at radius 2 is 1.29 bits per heavy atom. The first-order valence-electron chi connectivity index (χ1n) is 10.1. The van der Waals surface area contributed by atoms with Gasteiger partial charge in [-0.15, -0.1) is 0 Å². The van der Waals surface area contributed by atoms with Crippen LogP contribution >= 0.6 is 0 Å². The third-order valence-corrected chi connectivity index (χ3v) is 6.79. The monoisotopic (exact) mass is 334 g/mol. The molecule has 0 spiro atoms. The highest BCUT2D eigenvalue weighted by molar-refractivity contribution is 5.22.